The molecule has 0 bridgehead atoms. The monoisotopic (exact) mass is 465 g/mol. The van der Waals surface area contributed by atoms with E-state index in [2.05, 4.69) is 136 Å². The zero-order valence-electron chi connectivity index (χ0n) is 20.5. The molecule has 0 amide bonds. The Morgan fingerprint density at radius 3 is 1.51 bits per heavy atom. The van der Waals surface area contributed by atoms with Gasteiger partial charge in [-0.15, -0.1) is 0 Å². The van der Waals surface area contributed by atoms with Crippen molar-refractivity contribution in [2.75, 3.05) is 0 Å². The Morgan fingerprint density at radius 1 is 0.571 bits per heavy atom. The lowest BCUT2D eigenvalue weighted by atomic mass is 9.35. The molecule has 0 aliphatic carbocycles. The molecule has 5 aromatic rings. The van der Waals surface area contributed by atoms with Crippen molar-refractivity contribution < 1.29 is 0 Å². The van der Waals surface area contributed by atoms with E-state index < -0.39 is 8.07 Å². The van der Waals surface area contributed by atoms with E-state index in [1.807, 2.05) is 0 Å². The molecule has 0 fully saturated rings. The van der Waals surface area contributed by atoms with Gasteiger partial charge in [0.25, 0.3) is 0 Å². The highest BCUT2D eigenvalue weighted by molar-refractivity contribution is 7.26. The van der Waals surface area contributed by atoms with Gasteiger partial charge in [0.15, 0.2) is 8.07 Å². The van der Waals surface area contributed by atoms with Crippen molar-refractivity contribution in [3.63, 3.8) is 0 Å². The van der Waals surface area contributed by atoms with Crippen LogP contribution in [0.5, 0.6) is 0 Å². The van der Waals surface area contributed by atoms with Crippen molar-refractivity contribution >= 4 is 51.9 Å². The summed E-state index contributed by atoms with van der Waals surface area (Å²) in [5.74, 6) is 0. The normalized spacial score (nSPS) is 13.7. The second-order valence-corrected chi connectivity index (χ2v) is 13.4. The van der Waals surface area contributed by atoms with Gasteiger partial charge in [-0.2, -0.15) is 0 Å². The summed E-state index contributed by atoms with van der Waals surface area (Å²) in [5.41, 5.74) is 7.71. The van der Waals surface area contributed by atoms with Crippen LogP contribution in [-0.4, -0.2) is 19.8 Å². The molecule has 3 heteroatoms. The molecule has 6 rings (SSSR count). The Bertz CT molecular complexity index is 1420. The number of nitrogens with zero attached hydrogens (tertiary/aromatic N) is 1. The Balaban J connectivity index is 1.78. The molecule has 1 aromatic heterocycles. The predicted molar refractivity (Wildman–Crippen MR) is 153 cm³/mol. The van der Waals surface area contributed by atoms with Crippen molar-refractivity contribution in [3.8, 4) is 0 Å². The minimum Gasteiger partial charge on any atom is -0.259 e. The van der Waals surface area contributed by atoms with Gasteiger partial charge in [-0.3, -0.25) is 4.98 Å². The van der Waals surface area contributed by atoms with Crippen LogP contribution < -0.4 is 37.1 Å². The average molecular weight is 465 g/mol. The quantitative estimate of drug-likeness (QED) is 0.366. The molecule has 1 aliphatic heterocycles. The van der Waals surface area contributed by atoms with Crippen molar-refractivity contribution in [2.24, 2.45) is 0 Å². The molecule has 2 heterocycles. The van der Waals surface area contributed by atoms with Crippen LogP contribution in [0.1, 0.15) is 17.0 Å². The standard InChI is InChI=1S/C32H28BNSi/c1-23-22-24(2)34-25(3)32(23)33-28-18-10-12-20-30(28)35(26-14-6-4-7-15-26,27-16-8-5-9-17-27)31-21-13-11-19-29(31)33/h4-22H,1-3H3. The first-order valence-corrected chi connectivity index (χ1v) is 14.4. The largest absolute Gasteiger partial charge is 0.259 e. The minimum atomic E-state index is -2.52. The third kappa shape index (κ3) is 3.26. The van der Waals surface area contributed by atoms with Crippen LogP contribution in [-0.2, 0) is 0 Å². The minimum absolute atomic E-state index is 0.170. The van der Waals surface area contributed by atoms with E-state index in [0.717, 1.165) is 11.4 Å². The van der Waals surface area contributed by atoms with Crippen LogP contribution in [0.2, 0.25) is 0 Å². The summed E-state index contributed by atoms with van der Waals surface area (Å²) in [6, 6.07) is 43.1. The van der Waals surface area contributed by atoms with Crippen LogP contribution in [0.3, 0.4) is 0 Å². The summed E-state index contributed by atoms with van der Waals surface area (Å²) < 4.78 is 0. The lowest BCUT2D eigenvalue weighted by molar-refractivity contribution is 1.12. The van der Waals surface area contributed by atoms with E-state index >= 15 is 0 Å². The fourth-order valence-electron chi connectivity index (χ4n) is 6.44. The number of fused-ring (bicyclic) bond motifs is 2. The van der Waals surface area contributed by atoms with Crippen molar-refractivity contribution in [2.45, 2.75) is 20.8 Å². The predicted octanol–water partition coefficient (Wildman–Crippen LogP) is 2.21. The van der Waals surface area contributed by atoms with E-state index in [1.54, 1.807) is 0 Å². The Morgan fingerprint density at radius 2 is 1.03 bits per heavy atom. The maximum atomic E-state index is 4.92. The molecular formula is C32H28BNSi. The first-order chi connectivity index (χ1) is 17.1. The van der Waals surface area contributed by atoms with E-state index in [9.17, 15) is 0 Å². The smallest absolute Gasteiger partial charge is 0.243 e. The Kier molecular flexibility index (Phi) is 5.31. The summed E-state index contributed by atoms with van der Waals surface area (Å²) in [6.45, 7) is 6.68. The summed E-state index contributed by atoms with van der Waals surface area (Å²) >= 11 is 0. The number of benzene rings is 4. The first-order valence-electron chi connectivity index (χ1n) is 12.4. The van der Waals surface area contributed by atoms with Crippen LogP contribution in [0, 0.1) is 20.8 Å². The Labute approximate surface area is 209 Å². The van der Waals surface area contributed by atoms with Crippen molar-refractivity contribution in [1.29, 1.82) is 0 Å². The van der Waals surface area contributed by atoms with Gasteiger partial charge in [0.1, 0.15) is 0 Å². The summed E-state index contributed by atoms with van der Waals surface area (Å²) in [4.78, 5) is 4.92. The summed E-state index contributed by atoms with van der Waals surface area (Å²) in [6.07, 6.45) is 0. The van der Waals surface area contributed by atoms with E-state index in [1.165, 1.54) is 42.7 Å². The average Bonchev–Trinajstić information content (AvgIpc) is 2.89. The molecule has 168 valence electrons. The van der Waals surface area contributed by atoms with E-state index in [4.69, 9.17) is 4.98 Å². The second kappa shape index (κ2) is 8.51. The molecule has 35 heavy (non-hydrogen) atoms. The molecule has 0 N–H and O–H groups in total. The maximum absolute atomic E-state index is 4.92. The van der Waals surface area contributed by atoms with E-state index in [-0.39, 0.29) is 6.71 Å². The van der Waals surface area contributed by atoms with Gasteiger partial charge in [-0.1, -0.05) is 126 Å². The van der Waals surface area contributed by atoms with Crippen LogP contribution in [0.4, 0.5) is 0 Å². The highest BCUT2D eigenvalue weighted by Gasteiger charge is 2.50. The SMILES string of the molecule is Cc1cc(C)c(B2c3ccccc3[Si](c3ccccc3)(c3ccccc3)c3ccccc32)c(C)n1. The molecule has 0 unspecified atom stereocenters. The van der Waals surface area contributed by atoms with Gasteiger partial charge in [-0.05, 0) is 53.0 Å². The number of pyridine rings is 1. The molecule has 0 atom stereocenters. The zero-order chi connectivity index (χ0) is 24.0. The number of aryl methyl sites for hydroxylation is 3. The van der Waals surface area contributed by atoms with Gasteiger partial charge < -0.3 is 0 Å². The number of hydrogen-bond acceptors (Lipinski definition) is 1. The van der Waals surface area contributed by atoms with Gasteiger partial charge in [0.05, 0.1) is 0 Å². The zero-order valence-corrected chi connectivity index (χ0v) is 21.5. The third-order valence-electron chi connectivity index (χ3n) is 7.64. The molecule has 1 aliphatic rings. The second-order valence-electron chi connectivity index (χ2n) is 9.67. The highest BCUT2D eigenvalue weighted by Crippen LogP contribution is 2.14. The lowest BCUT2D eigenvalue weighted by Gasteiger charge is -2.43. The van der Waals surface area contributed by atoms with Gasteiger partial charge >= 0.3 is 0 Å². The molecule has 0 saturated carbocycles. The number of aromatic nitrogens is 1. The van der Waals surface area contributed by atoms with Crippen molar-refractivity contribution in [1.82, 2.24) is 4.98 Å². The lowest BCUT2D eigenvalue weighted by Crippen LogP contribution is -2.86. The third-order valence-corrected chi connectivity index (χ3v) is 12.6. The van der Waals surface area contributed by atoms with Crippen molar-refractivity contribution in [3.05, 3.63) is 132 Å². The fourth-order valence-corrected chi connectivity index (χ4v) is 11.7. The Hall–Kier alpha value is -3.69. The van der Waals surface area contributed by atoms with Gasteiger partial charge in [0.2, 0.25) is 6.71 Å². The molecule has 0 saturated heterocycles. The molecule has 0 radical (unpaired) electrons. The molecule has 0 spiro atoms. The molecular weight excluding hydrogens is 437 g/mol. The van der Waals surface area contributed by atoms with Crippen LogP contribution >= 0.6 is 0 Å². The maximum Gasteiger partial charge on any atom is 0.243 e. The molecule has 1 nitrogen and oxygen atoms in total. The number of hydrogen-bond donors (Lipinski definition) is 0. The topological polar surface area (TPSA) is 12.9 Å². The summed E-state index contributed by atoms with van der Waals surface area (Å²) in [5, 5.41) is 5.83. The van der Waals surface area contributed by atoms with Gasteiger partial charge in [0, 0.05) is 11.4 Å². The fraction of sp³-hybridized carbons (Fsp3) is 0.0938. The summed E-state index contributed by atoms with van der Waals surface area (Å²) in [7, 11) is -2.52. The van der Waals surface area contributed by atoms with Crippen LogP contribution in [0.15, 0.2) is 115 Å². The van der Waals surface area contributed by atoms with E-state index in [0.29, 0.717) is 0 Å². The molecule has 4 aromatic carbocycles. The number of rotatable bonds is 3. The van der Waals surface area contributed by atoms with Gasteiger partial charge in [-0.25, -0.2) is 0 Å². The highest BCUT2D eigenvalue weighted by atomic mass is 28.3. The first kappa shape index (κ1) is 21.8. The van der Waals surface area contributed by atoms with Crippen LogP contribution in [0.25, 0.3) is 0 Å².